The number of hydrogen-bond donors (Lipinski definition) is 1. The van der Waals surface area contributed by atoms with Gasteiger partial charge in [-0.25, -0.2) is 8.42 Å². The highest BCUT2D eigenvalue weighted by atomic mass is 35.5. The Morgan fingerprint density at radius 1 is 1.00 bits per heavy atom. The zero-order valence-corrected chi connectivity index (χ0v) is 16.9. The van der Waals surface area contributed by atoms with Crippen molar-refractivity contribution in [1.82, 2.24) is 0 Å². The summed E-state index contributed by atoms with van der Waals surface area (Å²) < 4.78 is 30.0. The first-order valence-corrected chi connectivity index (χ1v) is 10.8. The molecule has 3 aromatic rings. The van der Waals surface area contributed by atoms with Gasteiger partial charge in [0.1, 0.15) is 5.75 Å². The van der Waals surface area contributed by atoms with Crippen LogP contribution in [0.5, 0.6) is 5.75 Å². The molecule has 0 aliphatic carbocycles. The van der Waals surface area contributed by atoms with Gasteiger partial charge in [0.25, 0.3) is 0 Å². The summed E-state index contributed by atoms with van der Waals surface area (Å²) in [7, 11) is -1.85. The maximum absolute atomic E-state index is 12.3. The summed E-state index contributed by atoms with van der Waals surface area (Å²) in [4.78, 5) is 12.5. The standard InChI is InChI=1S/C21H20ClNO4S/c1-27-20-13-12-19(17-5-2-3-6-18(17)20)23-21(24)7-4-14-28(25,26)16-10-8-15(22)9-11-16/h2-3,5-6,8-13H,4,7,14H2,1H3,(H,23,24). The zero-order valence-electron chi connectivity index (χ0n) is 15.3. The predicted molar refractivity (Wildman–Crippen MR) is 112 cm³/mol. The van der Waals surface area contributed by atoms with Crippen LogP contribution in [0.3, 0.4) is 0 Å². The monoisotopic (exact) mass is 417 g/mol. The number of rotatable bonds is 7. The van der Waals surface area contributed by atoms with Crippen molar-refractivity contribution >= 4 is 43.8 Å². The van der Waals surface area contributed by atoms with Gasteiger partial charge in [-0.1, -0.05) is 35.9 Å². The van der Waals surface area contributed by atoms with Gasteiger partial charge in [0.05, 0.1) is 17.8 Å². The summed E-state index contributed by atoms with van der Waals surface area (Å²) in [5, 5.41) is 5.10. The van der Waals surface area contributed by atoms with Gasteiger partial charge in [-0.2, -0.15) is 0 Å². The van der Waals surface area contributed by atoms with Gasteiger partial charge >= 0.3 is 0 Å². The van der Waals surface area contributed by atoms with E-state index in [4.69, 9.17) is 16.3 Å². The second kappa shape index (κ2) is 8.63. The molecule has 1 amide bonds. The summed E-state index contributed by atoms with van der Waals surface area (Å²) in [6.45, 7) is 0. The Hall–Kier alpha value is -2.57. The number of fused-ring (bicyclic) bond motifs is 1. The third-order valence-electron chi connectivity index (χ3n) is 4.37. The molecule has 0 spiro atoms. The quantitative estimate of drug-likeness (QED) is 0.605. The van der Waals surface area contributed by atoms with E-state index in [2.05, 4.69) is 5.32 Å². The van der Waals surface area contributed by atoms with Crippen molar-refractivity contribution in [1.29, 1.82) is 0 Å². The first-order chi connectivity index (χ1) is 13.4. The number of carbonyl (C=O) groups excluding carboxylic acids is 1. The van der Waals surface area contributed by atoms with Gasteiger partial charge in [-0.3, -0.25) is 4.79 Å². The first kappa shape index (κ1) is 20.2. The van der Waals surface area contributed by atoms with Crippen LogP contribution in [0.25, 0.3) is 10.8 Å². The van der Waals surface area contributed by atoms with Gasteiger partial charge in [0.15, 0.2) is 9.84 Å². The molecule has 0 saturated heterocycles. The van der Waals surface area contributed by atoms with Gasteiger partial charge in [0, 0.05) is 27.9 Å². The average molecular weight is 418 g/mol. The van der Waals surface area contributed by atoms with E-state index in [1.54, 1.807) is 19.2 Å². The number of sulfone groups is 1. The van der Waals surface area contributed by atoms with Gasteiger partial charge < -0.3 is 10.1 Å². The van der Waals surface area contributed by atoms with E-state index in [-0.39, 0.29) is 29.4 Å². The molecule has 0 aliphatic heterocycles. The molecule has 3 aromatic carbocycles. The molecule has 0 saturated carbocycles. The molecule has 0 atom stereocenters. The molecule has 0 radical (unpaired) electrons. The first-order valence-electron chi connectivity index (χ1n) is 8.74. The number of halogens is 1. The van der Waals surface area contributed by atoms with E-state index in [0.29, 0.717) is 10.7 Å². The van der Waals surface area contributed by atoms with E-state index in [9.17, 15) is 13.2 Å². The van der Waals surface area contributed by atoms with Crippen molar-refractivity contribution in [2.75, 3.05) is 18.2 Å². The fourth-order valence-electron chi connectivity index (χ4n) is 2.95. The van der Waals surface area contributed by atoms with E-state index < -0.39 is 9.84 Å². The summed E-state index contributed by atoms with van der Waals surface area (Å²) in [5.41, 5.74) is 0.668. The minimum absolute atomic E-state index is 0.104. The molecule has 3 rings (SSSR count). The van der Waals surface area contributed by atoms with E-state index >= 15 is 0 Å². The fourth-order valence-corrected chi connectivity index (χ4v) is 4.39. The lowest BCUT2D eigenvalue weighted by Gasteiger charge is -2.12. The third kappa shape index (κ3) is 4.64. The second-order valence-electron chi connectivity index (χ2n) is 6.29. The predicted octanol–water partition coefficient (Wildman–Crippen LogP) is 4.69. The van der Waals surface area contributed by atoms with Crippen molar-refractivity contribution < 1.29 is 17.9 Å². The Bertz CT molecular complexity index is 1100. The van der Waals surface area contributed by atoms with Gasteiger partial charge in [-0.15, -0.1) is 0 Å². The molecule has 0 aromatic heterocycles. The van der Waals surface area contributed by atoms with E-state index in [1.807, 2.05) is 24.3 Å². The van der Waals surface area contributed by atoms with Crippen LogP contribution >= 0.6 is 11.6 Å². The molecule has 0 fully saturated rings. The minimum Gasteiger partial charge on any atom is -0.496 e. The number of hydrogen-bond acceptors (Lipinski definition) is 4. The van der Waals surface area contributed by atoms with Crippen molar-refractivity contribution in [2.24, 2.45) is 0 Å². The number of ether oxygens (including phenoxy) is 1. The SMILES string of the molecule is COc1ccc(NC(=O)CCCS(=O)(=O)c2ccc(Cl)cc2)c2ccccc12. The number of methoxy groups -OCH3 is 1. The smallest absolute Gasteiger partial charge is 0.224 e. The van der Waals surface area contributed by atoms with Gasteiger partial charge in [0.2, 0.25) is 5.91 Å². The Morgan fingerprint density at radius 3 is 2.36 bits per heavy atom. The Kier molecular flexibility index (Phi) is 6.21. The Morgan fingerprint density at radius 2 is 1.68 bits per heavy atom. The number of nitrogens with one attached hydrogen (secondary N) is 1. The summed E-state index contributed by atoms with van der Waals surface area (Å²) in [5.74, 6) is 0.384. The lowest BCUT2D eigenvalue weighted by molar-refractivity contribution is -0.116. The highest BCUT2D eigenvalue weighted by Gasteiger charge is 2.15. The van der Waals surface area contributed by atoms with Crippen LogP contribution in [0.1, 0.15) is 12.8 Å². The maximum atomic E-state index is 12.3. The van der Waals surface area contributed by atoms with Crippen LogP contribution in [0.15, 0.2) is 65.6 Å². The van der Waals surface area contributed by atoms with Crippen LogP contribution in [0, 0.1) is 0 Å². The molecule has 0 unspecified atom stereocenters. The summed E-state index contributed by atoms with van der Waals surface area (Å²) >= 11 is 5.79. The number of anilines is 1. The zero-order chi connectivity index (χ0) is 20.1. The topological polar surface area (TPSA) is 72.5 Å². The summed E-state index contributed by atoms with van der Waals surface area (Å²) in [6, 6.07) is 17.2. The molecule has 0 aliphatic rings. The number of benzene rings is 3. The molecule has 5 nitrogen and oxygen atoms in total. The van der Waals surface area contributed by atoms with Crippen molar-refractivity contribution in [3.8, 4) is 5.75 Å². The summed E-state index contributed by atoms with van der Waals surface area (Å²) in [6.07, 6.45) is 0.331. The number of amides is 1. The van der Waals surface area contributed by atoms with Crippen LogP contribution in [-0.2, 0) is 14.6 Å². The van der Waals surface area contributed by atoms with Crippen LogP contribution in [0.2, 0.25) is 5.02 Å². The second-order valence-corrected chi connectivity index (χ2v) is 8.83. The van der Waals surface area contributed by atoms with Crippen LogP contribution in [0.4, 0.5) is 5.69 Å². The lowest BCUT2D eigenvalue weighted by Crippen LogP contribution is -2.14. The number of carbonyl (C=O) groups is 1. The largest absolute Gasteiger partial charge is 0.496 e. The molecular formula is C21H20ClNO4S. The molecule has 146 valence electrons. The molecular weight excluding hydrogens is 398 g/mol. The fraction of sp³-hybridized carbons (Fsp3) is 0.190. The molecule has 1 N–H and O–H groups in total. The highest BCUT2D eigenvalue weighted by Crippen LogP contribution is 2.31. The molecule has 7 heteroatoms. The van der Waals surface area contributed by atoms with Crippen molar-refractivity contribution in [3.63, 3.8) is 0 Å². The third-order valence-corrected chi connectivity index (χ3v) is 6.44. The Labute approximate surface area is 169 Å². The van der Waals surface area contributed by atoms with Gasteiger partial charge in [-0.05, 0) is 42.8 Å². The minimum atomic E-state index is -3.44. The molecule has 0 bridgehead atoms. The van der Waals surface area contributed by atoms with Crippen molar-refractivity contribution in [3.05, 3.63) is 65.7 Å². The molecule has 28 heavy (non-hydrogen) atoms. The highest BCUT2D eigenvalue weighted by molar-refractivity contribution is 7.91. The van der Waals surface area contributed by atoms with Crippen molar-refractivity contribution in [2.45, 2.75) is 17.7 Å². The average Bonchev–Trinajstić information content (AvgIpc) is 2.68. The van der Waals surface area contributed by atoms with Crippen LogP contribution < -0.4 is 10.1 Å². The van der Waals surface area contributed by atoms with E-state index in [1.165, 1.54) is 24.3 Å². The van der Waals surface area contributed by atoms with E-state index in [0.717, 1.165) is 16.5 Å². The molecule has 0 heterocycles. The van der Waals surface area contributed by atoms with Crippen LogP contribution in [-0.4, -0.2) is 27.2 Å². The lowest BCUT2D eigenvalue weighted by atomic mass is 10.1. The Balaban J connectivity index is 1.64. The maximum Gasteiger partial charge on any atom is 0.224 e. The normalized spacial score (nSPS) is 11.4.